The van der Waals surface area contributed by atoms with Crippen molar-refractivity contribution in [3.05, 3.63) is 0 Å². The molecule has 0 aromatic carbocycles. The Morgan fingerprint density at radius 3 is 2.00 bits per heavy atom. The summed E-state index contributed by atoms with van der Waals surface area (Å²) in [5.41, 5.74) is 0. The van der Waals surface area contributed by atoms with Crippen molar-refractivity contribution in [1.29, 1.82) is 0 Å². The number of hydrogen-bond donors (Lipinski definition) is 0. The van der Waals surface area contributed by atoms with Crippen molar-refractivity contribution in [2.45, 2.75) is 26.1 Å². The lowest BCUT2D eigenvalue weighted by Crippen LogP contribution is -2.36. The van der Waals surface area contributed by atoms with Gasteiger partial charge in [0, 0.05) is 14.2 Å². The average molecular weight is 218 g/mol. The molecule has 5 nitrogen and oxygen atoms in total. The molecule has 0 aliphatic carbocycles. The van der Waals surface area contributed by atoms with Crippen LogP contribution in [0.1, 0.15) is 19.8 Å². The second kappa shape index (κ2) is 7.36. The minimum atomic E-state index is -0.999. The summed E-state index contributed by atoms with van der Waals surface area (Å²) in [5.74, 6) is -1.74. The maximum Gasteiger partial charge on any atom is 0.316 e. The molecule has 0 radical (unpaired) electrons. The van der Waals surface area contributed by atoms with E-state index < -0.39 is 24.0 Å². The molecule has 0 spiro atoms. The number of hydrogen-bond acceptors (Lipinski definition) is 5. The van der Waals surface area contributed by atoms with Gasteiger partial charge in [-0.2, -0.15) is 0 Å². The van der Waals surface area contributed by atoms with Gasteiger partial charge in [0.15, 0.2) is 0 Å². The van der Waals surface area contributed by atoms with E-state index in [0.717, 1.165) is 0 Å². The average Bonchev–Trinajstić information content (AvgIpc) is 2.26. The van der Waals surface area contributed by atoms with Gasteiger partial charge in [-0.1, -0.05) is 13.3 Å². The Hall–Kier alpha value is -0.940. The Bertz CT molecular complexity index is 210. The Balaban J connectivity index is 4.60. The Kier molecular flexibility index (Phi) is 6.90. The van der Waals surface area contributed by atoms with Gasteiger partial charge in [-0.25, -0.2) is 0 Å². The van der Waals surface area contributed by atoms with Gasteiger partial charge in [0.1, 0.15) is 5.92 Å². The zero-order chi connectivity index (χ0) is 11.8. The lowest BCUT2D eigenvalue weighted by molar-refractivity contribution is -0.168. The standard InChI is InChI=1S/C10H18O5/c1-5-6-7(9(12)13-2)8(11)10(14-3)15-4/h7,10H,5-6H2,1-4H3. The number of methoxy groups -OCH3 is 3. The molecule has 0 bridgehead atoms. The molecule has 1 unspecified atom stereocenters. The van der Waals surface area contributed by atoms with Gasteiger partial charge >= 0.3 is 5.97 Å². The summed E-state index contributed by atoms with van der Waals surface area (Å²) in [7, 11) is 3.96. The third-order valence-electron chi connectivity index (χ3n) is 2.07. The van der Waals surface area contributed by atoms with Crippen LogP contribution in [0.15, 0.2) is 0 Å². The van der Waals surface area contributed by atoms with Crippen molar-refractivity contribution < 1.29 is 23.8 Å². The highest BCUT2D eigenvalue weighted by Gasteiger charge is 2.32. The smallest absolute Gasteiger partial charge is 0.316 e. The monoisotopic (exact) mass is 218 g/mol. The fourth-order valence-electron chi connectivity index (χ4n) is 1.30. The SMILES string of the molecule is CCCC(C(=O)OC)C(=O)C(OC)OC. The molecule has 0 fully saturated rings. The molecule has 0 saturated carbocycles. The summed E-state index contributed by atoms with van der Waals surface area (Å²) >= 11 is 0. The van der Waals surface area contributed by atoms with E-state index >= 15 is 0 Å². The second-order valence-corrected chi connectivity index (χ2v) is 3.07. The molecule has 0 aliphatic rings. The zero-order valence-electron chi connectivity index (χ0n) is 9.61. The first-order valence-corrected chi connectivity index (χ1v) is 4.79. The first-order valence-electron chi connectivity index (χ1n) is 4.79. The van der Waals surface area contributed by atoms with Gasteiger partial charge in [-0.15, -0.1) is 0 Å². The van der Waals surface area contributed by atoms with E-state index in [4.69, 9.17) is 9.47 Å². The fourth-order valence-corrected chi connectivity index (χ4v) is 1.30. The molecular weight excluding hydrogens is 200 g/mol. The van der Waals surface area contributed by atoms with Gasteiger partial charge in [0.05, 0.1) is 7.11 Å². The largest absolute Gasteiger partial charge is 0.468 e. The lowest BCUT2D eigenvalue weighted by atomic mass is 9.98. The van der Waals surface area contributed by atoms with Crippen LogP contribution in [-0.2, 0) is 23.8 Å². The van der Waals surface area contributed by atoms with Crippen LogP contribution < -0.4 is 0 Å². The first-order chi connectivity index (χ1) is 7.12. The highest BCUT2D eigenvalue weighted by molar-refractivity contribution is 6.00. The van der Waals surface area contributed by atoms with Crippen molar-refractivity contribution in [3.63, 3.8) is 0 Å². The van der Waals surface area contributed by atoms with E-state index in [1.54, 1.807) is 0 Å². The van der Waals surface area contributed by atoms with Crippen LogP contribution in [0, 0.1) is 5.92 Å². The van der Waals surface area contributed by atoms with E-state index in [1.807, 2.05) is 6.92 Å². The van der Waals surface area contributed by atoms with Crippen LogP contribution in [0.4, 0.5) is 0 Å². The number of rotatable bonds is 7. The molecule has 0 amide bonds. The van der Waals surface area contributed by atoms with Crippen LogP contribution in [0.3, 0.4) is 0 Å². The van der Waals surface area contributed by atoms with E-state index in [2.05, 4.69) is 4.74 Å². The molecule has 0 heterocycles. The second-order valence-electron chi connectivity index (χ2n) is 3.07. The summed E-state index contributed by atoms with van der Waals surface area (Å²) in [6.45, 7) is 1.89. The maximum absolute atomic E-state index is 11.7. The summed E-state index contributed by atoms with van der Waals surface area (Å²) < 4.78 is 14.2. The van der Waals surface area contributed by atoms with Gasteiger partial charge in [0.2, 0.25) is 12.1 Å². The quantitative estimate of drug-likeness (QED) is 0.359. The highest BCUT2D eigenvalue weighted by atomic mass is 16.7. The topological polar surface area (TPSA) is 61.8 Å². The van der Waals surface area contributed by atoms with Crippen molar-refractivity contribution in [1.82, 2.24) is 0 Å². The summed E-state index contributed by atoms with van der Waals surface area (Å²) in [6.07, 6.45) is 0.154. The molecule has 88 valence electrons. The molecule has 0 aromatic rings. The normalized spacial score (nSPS) is 12.6. The number of carbonyl (C=O) groups excluding carboxylic acids is 2. The lowest BCUT2D eigenvalue weighted by Gasteiger charge is -2.18. The minimum absolute atomic E-state index is 0.395. The zero-order valence-corrected chi connectivity index (χ0v) is 9.61. The molecule has 15 heavy (non-hydrogen) atoms. The van der Waals surface area contributed by atoms with Gasteiger partial charge in [-0.05, 0) is 6.42 Å². The molecule has 0 N–H and O–H groups in total. The third-order valence-corrected chi connectivity index (χ3v) is 2.07. The fraction of sp³-hybridized carbons (Fsp3) is 0.800. The van der Waals surface area contributed by atoms with Gasteiger partial charge in [-0.3, -0.25) is 9.59 Å². The van der Waals surface area contributed by atoms with Crippen LogP contribution in [0.25, 0.3) is 0 Å². The highest BCUT2D eigenvalue weighted by Crippen LogP contribution is 2.13. The third kappa shape index (κ3) is 3.97. The predicted octanol–water partition coefficient (Wildman–Crippen LogP) is 0.764. The first kappa shape index (κ1) is 14.1. The molecule has 0 aliphatic heterocycles. The summed E-state index contributed by atoms with van der Waals surface area (Å²) in [4.78, 5) is 23.1. The Morgan fingerprint density at radius 1 is 1.13 bits per heavy atom. The molecule has 0 rings (SSSR count). The van der Waals surface area contributed by atoms with Crippen LogP contribution in [0.2, 0.25) is 0 Å². The van der Waals surface area contributed by atoms with Crippen molar-refractivity contribution in [3.8, 4) is 0 Å². The van der Waals surface area contributed by atoms with Gasteiger partial charge < -0.3 is 14.2 Å². The molecule has 0 saturated heterocycles. The molecule has 0 aromatic heterocycles. The van der Waals surface area contributed by atoms with Crippen LogP contribution in [-0.4, -0.2) is 39.4 Å². The maximum atomic E-state index is 11.7. The van der Waals surface area contributed by atoms with Crippen LogP contribution >= 0.6 is 0 Å². The number of carbonyl (C=O) groups is 2. The number of ether oxygens (including phenoxy) is 3. The Morgan fingerprint density at radius 2 is 1.67 bits per heavy atom. The summed E-state index contributed by atoms with van der Waals surface area (Å²) in [5, 5.41) is 0. The van der Waals surface area contributed by atoms with E-state index in [0.29, 0.717) is 12.8 Å². The molecular formula is C10H18O5. The van der Waals surface area contributed by atoms with Crippen molar-refractivity contribution in [2.24, 2.45) is 5.92 Å². The minimum Gasteiger partial charge on any atom is -0.468 e. The van der Waals surface area contributed by atoms with E-state index in [1.165, 1.54) is 21.3 Å². The van der Waals surface area contributed by atoms with Crippen LogP contribution in [0.5, 0.6) is 0 Å². The predicted molar refractivity (Wildman–Crippen MR) is 53.2 cm³/mol. The summed E-state index contributed by atoms with van der Waals surface area (Å²) in [6, 6.07) is 0. The molecule has 1 atom stereocenters. The van der Waals surface area contributed by atoms with E-state index in [-0.39, 0.29) is 0 Å². The molecule has 5 heteroatoms. The number of esters is 1. The van der Waals surface area contributed by atoms with Gasteiger partial charge in [0.25, 0.3) is 0 Å². The number of Topliss-reactive ketones (excluding diaryl/α,β-unsaturated/α-hetero) is 1. The Labute approximate surface area is 89.7 Å². The van der Waals surface area contributed by atoms with Crippen molar-refractivity contribution >= 4 is 11.8 Å². The van der Waals surface area contributed by atoms with Crippen molar-refractivity contribution in [2.75, 3.05) is 21.3 Å². The number of ketones is 1. The van der Waals surface area contributed by atoms with E-state index in [9.17, 15) is 9.59 Å².